The standard InChI is InChI=1S/C26H22N2O4/c1-17-6-5-7-19(14-17)16-27-23-21-8-3-4-9-22(21)32-24(23)25(29)28(26(27)30)15-18-10-12-20(31-2)13-11-18/h3-14H,15-16H2,1-2H3. The first-order chi connectivity index (χ1) is 15.5. The van der Waals surface area contributed by atoms with Crippen LogP contribution in [-0.2, 0) is 13.1 Å². The Labute approximate surface area is 183 Å². The Hall–Kier alpha value is -4.06. The number of ether oxygens (including phenoxy) is 1. The number of fused-ring (bicyclic) bond motifs is 3. The van der Waals surface area contributed by atoms with E-state index >= 15 is 0 Å². The number of rotatable bonds is 5. The predicted molar refractivity (Wildman–Crippen MR) is 125 cm³/mol. The highest BCUT2D eigenvalue weighted by atomic mass is 16.5. The van der Waals surface area contributed by atoms with E-state index in [4.69, 9.17) is 9.15 Å². The summed E-state index contributed by atoms with van der Waals surface area (Å²) in [4.78, 5) is 27.0. The summed E-state index contributed by atoms with van der Waals surface area (Å²) in [6, 6.07) is 22.7. The van der Waals surface area contributed by atoms with Gasteiger partial charge in [-0.3, -0.25) is 13.9 Å². The Bertz CT molecular complexity index is 1560. The average molecular weight is 426 g/mol. The van der Waals surface area contributed by atoms with E-state index in [9.17, 15) is 9.59 Å². The highest BCUT2D eigenvalue weighted by Crippen LogP contribution is 2.26. The number of hydrogen-bond donors (Lipinski definition) is 0. The zero-order chi connectivity index (χ0) is 22.2. The molecule has 3 aromatic carbocycles. The van der Waals surface area contributed by atoms with Crippen molar-refractivity contribution < 1.29 is 9.15 Å². The highest BCUT2D eigenvalue weighted by molar-refractivity contribution is 6.02. The van der Waals surface area contributed by atoms with Crippen LogP contribution < -0.4 is 16.0 Å². The van der Waals surface area contributed by atoms with Crippen LogP contribution in [0, 0.1) is 6.92 Å². The summed E-state index contributed by atoms with van der Waals surface area (Å²) in [7, 11) is 1.60. The van der Waals surface area contributed by atoms with Gasteiger partial charge in [0.15, 0.2) is 0 Å². The second-order valence-corrected chi connectivity index (χ2v) is 7.87. The lowest BCUT2D eigenvalue weighted by Gasteiger charge is -2.13. The van der Waals surface area contributed by atoms with E-state index in [0.717, 1.165) is 22.1 Å². The molecule has 2 aromatic heterocycles. The van der Waals surface area contributed by atoms with E-state index in [1.54, 1.807) is 11.7 Å². The predicted octanol–water partition coefficient (Wildman–Crippen LogP) is 4.32. The van der Waals surface area contributed by atoms with Crippen LogP contribution >= 0.6 is 0 Å². The van der Waals surface area contributed by atoms with E-state index in [-0.39, 0.29) is 17.8 Å². The topological polar surface area (TPSA) is 66.4 Å². The normalized spacial score (nSPS) is 11.3. The molecule has 0 saturated carbocycles. The fourth-order valence-corrected chi connectivity index (χ4v) is 4.09. The molecule has 0 N–H and O–H groups in total. The molecule has 5 aromatic rings. The van der Waals surface area contributed by atoms with E-state index in [0.29, 0.717) is 23.4 Å². The minimum atomic E-state index is -0.433. The van der Waals surface area contributed by atoms with Crippen molar-refractivity contribution in [3.8, 4) is 5.75 Å². The van der Waals surface area contributed by atoms with Gasteiger partial charge in [0.2, 0.25) is 5.58 Å². The smallest absolute Gasteiger partial charge is 0.332 e. The molecule has 0 amide bonds. The maximum absolute atomic E-state index is 13.6. The van der Waals surface area contributed by atoms with Gasteiger partial charge in [-0.15, -0.1) is 0 Å². The summed E-state index contributed by atoms with van der Waals surface area (Å²) >= 11 is 0. The number of aryl methyl sites for hydroxylation is 1. The van der Waals surface area contributed by atoms with Crippen molar-refractivity contribution in [1.29, 1.82) is 0 Å². The Morgan fingerprint density at radius 3 is 2.34 bits per heavy atom. The summed E-state index contributed by atoms with van der Waals surface area (Å²) in [6.45, 7) is 2.49. The molecule has 0 aliphatic rings. The van der Waals surface area contributed by atoms with Crippen LogP contribution in [-0.4, -0.2) is 16.2 Å². The zero-order valence-corrected chi connectivity index (χ0v) is 17.9. The number of para-hydroxylation sites is 1. The molecule has 2 heterocycles. The molecule has 0 aliphatic heterocycles. The summed E-state index contributed by atoms with van der Waals surface area (Å²) < 4.78 is 14.0. The lowest BCUT2D eigenvalue weighted by atomic mass is 10.1. The fourth-order valence-electron chi connectivity index (χ4n) is 4.09. The Morgan fingerprint density at radius 2 is 1.59 bits per heavy atom. The molecule has 0 atom stereocenters. The molecule has 160 valence electrons. The van der Waals surface area contributed by atoms with Gasteiger partial charge < -0.3 is 9.15 Å². The van der Waals surface area contributed by atoms with Crippen LogP contribution in [0.5, 0.6) is 5.75 Å². The summed E-state index contributed by atoms with van der Waals surface area (Å²) in [5.41, 5.74) is 3.41. The maximum atomic E-state index is 13.6. The third kappa shape index (κ3) is 3.39. The van der Waals surface area contributed by atoms with Gasteiger partial charge in [-0.2, -0.15) is 0 Å². The lowest BCUT2D eigenvalue weighted by Crippen LogP contribution is -2.40. The van der Waals surface area contributed by atoms with Crippen molar-refractivity contribution in [2.24, 2.45) is 0 Å². The van der Waals surface area contributed by atoms with E-state index < -0.39 is 5.56 Å². The monoisotopic (exact) mass is 426 g/mol. The molecule has 0 fully saturated rings. The molecule has 6 heteroatoms. The summed E-state index contributed by atoms with van der Waals surface area (Å²) in [5, 5.41) is 0.751. The fraction of sp³-hybridized carbons (Fsp3) is 0.154. The quantitative estimate of drug-likeness (QED) is 0.420. The van der Waals surface area contributed by atoms with Gasteiger partial charge in [-0.25, -0.2) is 4.79 Å². The largest absolute Gasteiger partial charge is 0.497 e. The number of benzene rings is 3. The first-order valence-corrected chi connectivity index (χ1v) is 10.4. The third-order valence-electron chi connectivity index (χ3n) is 5.66. The van der Waals surface area contributed by atoms with E-state index in [2.05, 4.69) is 0 Å². The first-order valence-electron chi connectivity index (χ1n) is 10.4. The second kappa shape index (κ2) is 7.89. The number of hydrogen-bond acceptors (Lipinski definition) is 4. The van der Waals surface area contributed by atoms with Crippen LogP contribution in [0.2, 0.25) is 0 Å². The van der Waals surface area contributed by atoms with Crippen LogP contribution in [0.4, 0.5) is 0 Å². The van der Waals surface area contributed by atoms with Crippen molar-refractivity contribution in [2.45, 2.75) is 20.0 Å². The lowest BCUT2D eigenvalue weighted by molar-refractivity contribution is 0.414. The number of furan rings is 1. The Kier molecular flexibility index (Phi) is 4.90. The molecular weight excluding hydrogens is 404 g/mol. The van der Waals surface area contributed by atoms with E-state index in [1.165, 1.54) is 4.57 Å². The maximum Gasteiger partial charge on any atom is 0.332 e. The molecule has 0 spiro atoms. The van der Waals surface area contributed by atoms with Gasteiger partial charge in [0.05, 0.1) is 20.2 Å². The average Bonchev–Trinajstić information content (AvgIpc) is 3.20. The van der Waals surface area contributed by atoms with Gasteiger partial charge in [-0.1, -0.05) is 54.1 Å². The van der Waals surface area contributed by atoms with Crippen LogP contribution in [0.1, 0.15) is 16.7 Å². The molecule has 32 heavy (non-hydrogen) atoms. The highest BCUT2D eigenvalue weighted by Gasteiger charge is 2.20. The number of aromatic nitrogens is 2. The Balaban J connectivity index is 1.75. The van der Waals surface area contributed by atoms with Crippen LogP contribution in [0.15, 0.2) is 86.8 Å². The van der Waals surface area contributed by atoms with Gasteiger partial charge in [-0.05, 0) is 42.3 Å². The molecule has 0 unspecified atom stereocenters. The van der Waals surface area contributed by atoms with Gasteiger partial charge in [0, 0.05) is 5.39 Å². The molecule has 0 bridgehead atoms. The second-order valence-electron chi connectivity index (χ2n) is 7.87. The SMILES string of the molecule is COc1ccc(Cn2c(=O)c3oc4ccccc4c3n(Cc3cccc(C)c3)c2=O)cc1. The molecule has 0 radical (unpaired) electrons. The first kappa shape index (κ1) is 19.9. The molecule has 0 aliphatic carbocycles. The van der Waals surface area contributed by atoms with Gasteiger partial charge in [0.1, 0.15) is 16.8 Å². The number of methoxy groups -OCH3 is 1. The minimum absolute atomic E-state index is 0.141. The Morgan fingerprint density at radius 1 is 0.844 bits per heavy atom. The van der Waals surface area contributed by atoms with Gasteiger partial charge >= 0.3 is 5.69 Å². The van der Waals surface area contributed by atoms with Crippen molar-refractivity contribution >= 4 is 22.1 Å². The number of nitrogens with zero attached hydrogens (tertiary/aromatic N) is 2. The van der Waals surface area contributed by atoms with Crippen molar-refractivity contribution in [3.05, 3.63) is 110 Å². The molecule has 6 nitrogen and oxygen atoms in total. The van der Waals surface area contributed by atoms with Crippen LogP contribution in [0.3, 0.4) is 0 Å². The van der Waals surface area contributed by atoms with Crippen LogP contribution in [0.25, 0.3) is 22.1 Å². The van der Waals surface area contributed by atoms with Crippen molar-refractivity contribution in [1.82, 2.24) is 9.13 Å². The summed E-state index contributed by atoms with van der Waals surface area (Å²) in [5.74, 6) is 0.714. The minimum Gasteiger partial charge on any atom is -0.497 e. The summed E-state index contributed by atoms with van der Waals surface area (Å²) in [6.07, 6.45) is 0. The van der Waals surface area contributed by atoms with Gasteiger partial charge in [0.25, 0.3) is 5.56 Å². The zero-order valence-electron chi connectivity index (χ0n) is 17.9. The van der Waals surface area contributed by atoms with E-state index in [1.807, 2.05) is 79.7 Å². The van der Waals surface area contributed by atoms with Crippen molar-refractivity contribution in [3.63, 3.8) is 0 Å². The molecule has 0 saturated heterocycles. The third-order valence-corrected chi connectivity index (χ3v) is 5.66. The van der Waals surface area contributed by atoms with Crippen molar-refractivity contribution in [2.75, 3.05) is 7.11 Å². The molecular formula is C26H22N2O4. The molecule has 5 rings (SSSR count).